The maximum absolute atomic E-state index is 13.8. The van der Waals surface area contributed by atoms with Gasteiger partial charge in [0.1, 0.15) is 12.2 Å². The molecule has 4 unspecified atom stereocenters. The molecule has 20 heteroatoms. The molecule has 0 saturated carbocycles. The van der Waals surface area contributed by atoms with E-state index in [0.29, 0.717) is 47.0 Å². The van der Waals surface area contributed by atoms with Crippen molar-refractivity contribution in [1.82, 2.24) is 20.0 Å². The molecule has 18 nitrogen and oxygen atoms in total. The number of nitro benzene ring substituents is 2. The number of esters is 4. The van der Waals surface area contributed by atoms with Gasteiger partial charge in [-0.3, -0.25) is 30.0 Å². The fraction of sp³-hybridized carbons (Fsp3) is 0.368. The third-order valence-corrected chi connectivity index (χ3v) is 14.2. The summed E-state index contributed by atoms with van der Waals surface area (Å²) in [5.41, 5.74) is 6.28. The van der Waals surface area contributed by atoms with E-state index >= 15 is 0 Å². The molecule has 0 aliphatic carbocycles. The van der Waals surface area contributed by atoms with Gasteiger partial charge in [-0.15, -0.1) is 24.8 Å². The minimum atomic E-state index is -0.870. The number of nitrogens with zero attached hydrogens (tertiary/aromatic N) is 5. The van der Waals surface area contributed by atoms with Gasteiger partial charge in [-0.1, -0.05) is 84.9 Å². The number of allylic oxidation sites excluding steroid dienone is 4. The number of non-ortho nitro benzene ring substituents is 2. The molecule has 4 aromatic rings. The van der Waals surface area contributed by atoms with Crippen molar-refractivity contribution in [3.8, 4) is 0 Å². The number of halogens is 2. The zero-order valence-corrected chi connectivity index (χ0v) is 45.9. The van der Waals surface area contributed by atoms with Gasteiger partial charge in [0.2, 0.25) is 0 Å². The predicted molar refractivity (Wildman–Crippen MR) is 294 cm³/mol. The van der Waals surface area contributed by atoms with Crippen molar-refractivity contribution in [2.45, 2.75) is 90.5 Å². The zero-order valence-electron chi connectivity index (χ0n) is 44.2. The van der Waals surface area contributed by atoms with E-state index in [-0.39, 0.29) is 70.7 Å². The average Bonchev–Trinajstić information content (AvgIpc) is 3.41. The number of nitrogens with one attached hydrogen (secondary N) is 1. The smallest absolute Gasteiger partial charge is 0.337 e. The Kier molecular flexibility index (Phi) is 21.7. The lowest BCUT2D eigenvalue weighted by molar-refractivity contribution is -0.385. The van der Waals surface area contributed by atoms with Crippen LogP contribution in [-0.2, 0) is 51.2 Å². The van der Waals surface area contributed by atoms with Crippen molar-refractivity contribution < 1.29 is 48.0 Å². The van der Waals surface area contributed by atoms with E-state index in [1.54, 1.807) is 63.9 Å². The van der Waals surface area contributed by atoms with E-state index in [9.17, 15) is 39.4 Å². The number of nitro groups is 2. The van der Waals surface area contributed by atoms with Crippen LogP contribution in [0.5, 0.6) is 0 Å². The summed E-state index contributed by atoms with van der Waals surface area (Å²) in [5, 5.41) is 26.1. The fourth-order valence-electron chi connectivity index (χ4n) is 10.4. The highest BCUT2D eigenvalue weighted by Gasteiger charge is 2.42. The zero-order chi connectivity index (χ0) is 53.9. The van der Waals surface area contributed by atoms with Crippen LogP contribution >= 0.6 is 24.8 Å². The van der Waals surface area contributed by atoms with Gasteiger partial charge in [-0.25, -0.2) is 19.2 Å². The number of likely N-dealkylation sites (tertiary alicyclic amines) is 2. The number of dihydropyridines is 1. The Morgan fingerprint density at radius 1 is 0.558 bits per heavy atom. The van der Waals surface area contributed by atoms with E-state index in [4.69, 9.17) is 18.9 Å². The number of methoxy groups -OCH3 is 2. The maximum atomic E-state index is 13.8. The lowest BCUT2D eigenvalue weighted by atomic mass is 9.79. The van der Waals surface area contributed by atoms with Crippen LogP contribution in [0.3, 0.4) is 0 Å². The molecule has 410 valence electrons. The van der Waals surface area contributed by atoms with E-state index < -0.39 is 45.6 Å². The van der Waals surface area contributed by atoms with Gasteiger partial charge in [0.15, 0.2) is 0 Å². The normalized spacial score (nSPS) is 19.8. The molecule has 4 aromatic carbocycles. The number of carbonyl (C=O) groups is 4. The third-order valence-electron chi connectivity index (χ3n) is 14.2. The molecule has 4 aliphatic heterocycles. The van der Waals surface area contributed by atoms with Crippen molar-refractivity contribution >= 4 is 60.1 Å². The summed E-state index contributed by atoms with van der Waals surface area (Å²) in [4.78, 5) is 81.6. The van der Waals surface area contributed by atoms with Crippen molar-refractivity contribution in [1.29, 1.82) is 0 Å². The molecule has 4 atom stereocenters. The molecule has 2 saturated heterocycles. The first-order chi connectivity index (χ1) is 36.0. The van der Waals surface area contributed by atoms with Gasteiger partial charge in [-0.05, 0) is 88.7 Å². The minimum Gasteiger partial charge on any atom is -0.466 e. The van der Waals surface area contributed by atoms with Crippen molar-refractivity contribution in [3.63, 3.8) is 0 Å². The molecule has 1 N–H and O–H groups in total. The highest BCUT2D eigenvalue weighted by atomic mass is 35.5. The van der Waals surface area contributed by atoms with Gasteiger partial charge < -0.3 is 29.2 Å². The number of benzene rings is 4. The van der Waals surface area contributed by atoms with Crippen LogP contribution in [0.1, 0.15) is 87.5 Å². The van der Waals surface area contributed by atoms with E-state index in [0.717, 1.165) is 51.9 Å². The predicted octanol–water partition coefficient (Wildman–Crippen LogP) is 9.61. The monoisotopic (exact) mass is 1100 g/mol. The molecular weight excluding hydrogens is 1030 g/mol. The summed E-state index contributed by atoms with van der Waals surface area (Å²) in [6.07, 6.45) is 2.62. The van der Waals surface area contributed by atoms with Gasteiger partial charge >= 0.3 is 23.9 Å². The summed E-state index contributed by atoms with van der Waals surface area (Å²) in [7, 11) is 4.31. The Labute approximate surface area is 460 Å². The van der Waals surface area contributed by atoms with Crippen LogP contribution in [-0.4, -0.2) is 108 Å². The number of hydrogen-bond donors (Lipinski definition) is 1. The standard InChI is InChI=1S/C29H33N3O6.C28H31N3O6.2ClH/c1-19-25(28(33)37-4)27(22-12-8-13-23(16-22)32(35)36)26(20(2)30(19)3)29(34)38-24-14-9-15-31(18-24)17-21-10-6-5-7-11-21;1-18-24(27(32)36-3)26(21-11-7-12-22(15-21)31(34)35)25(19(2)29-18)28(33)37-23-13-8-14-30(17-23)16-20-9-5-4-6-10-20;;/h5-8,10-13,16,24,27H,9,14-15,17-18H2,1-4H3;4-7,9-12,15,23,26,29H,8,13-14,16-17H2,1-3H3;2*1H. The number of rotatable bonds is 14. The van der Waals surface area contributed by atoms with Crippen LogP contribution in [0.15, 0.2) is 154 Å². The van der Waals surface area contributed by atoms with Crippen molar-refractivity contribution in [3.05, 3.63) is 197 Å². The van der Waals surface area contributed by atoms with Gasteiger partial charge in [0, 0.05) is 80.3 Å². The second kappa shape index (κ2) is 27.6. The average molecular weight is 1100 g/mol. The van der Waals surface area contributed by atoms with Gasteiger partial charge in [-0.2, -0.15) is 0 Å². The molecule has 4 heterocycles. The highest BCUT2D eigenvalue weighted by Crippen LogP contribution is 2.44. The Morgan fingerprint density at radius 3 is 1.35 bits per heavy atom. The van der Waals surface area contributed by atoms with Crippen LogP contribution in [0.2, 0.25) is 0 Å². The first kappa shape index (κ1) is 60.5. The Balaban J connectivity index is 0.000000277. The molecule has 0 amide bonds. The Hall–Kier alpha value is -7.38. The lowest BCUT2D eigenvalue weighted by Crippen LogP contribution is -2.41. The summed E-state index contributed by atoms with van der Waals surface area (Å²) < 4.78 is 22.2. The number of piperidine rings is 2. The molecule has 0 spiro atoms. The molecule has 0 aromatic heterocycles. The molecule has 2 fully saturated rings. The fourth-order valence-corrected chi connectivity index (χ4v) is 10.4. The number of ether oxygens (including phenoxy) is 4. The maximum Gasteiger partial charge on any atom is 0.337 e. The van der Waals surface area contributed by atoms with Gasteiger partial charge in [0.05, 0.1) is 58.2 Å². The van der Waals surface area contributed by atoms with E-state index in [1.807, 2.05) is 36.4 Å². The quantitative estimate of drug-likeness (QED) is 0.0539. The molecule has 8 rings (SSSR count). The number of hydrogen-bond acceptors (Lipinski definition) is 16. The lowest BCUT2D eigenvalue weighted by Gasteiger charge is -2.37. The van der Waals surface area contributed by atoms with Crippen molar-refractivity contribution in [2.24, 2.45) is 0 Å². The van der Waals surface area contributed by atoms with Crippen LogP contribution < -0.4 is 5.32 Å². The SMILES string of the molecule is COC(=O)C1=C(C)N(C)C(C)=C(C(=O)OC2CCCN(Cc3ccccc3)C2)C1c1cccc([N+](=O)[O-])c1.COC(=O)C1=C(C)NC(C)=C(C(=O)OC2CCCN(Cc3ccccc3)C2)C1c1cccc([N+](=O)[O-])c1.Cl.Cl. The highest BCUT2D eigenvalue weighted by molar-refractivity contribution is 6.01. The van der Waals surface area contributed by atoms with E-state index in [1.165, 1.54) is 49.6 Å². The Morgan fingerprint density at radius 2 is 0.935 bits per heavy atom. The van der Waals surface area contributed by atoms with Gasteiger partial charge in [0.25, 0.3) is 11.4 Å². The van der Waals surface area contributed by atoms with Crippen LogP contribution in [0.4, 0.5) is 11.4 Å². The largest absolute Gasteiger partial charge is 0.466 e. The first-order valence-corrected chi connectivity index (χ1v) is 24.9. The van der Waals surface area contributed by atoms with Crippen molar-refractivity contribution in [2.75, 3.05) is 47.4 Å². The Bertz CT molecular complexity index is 2950. The second-order valence-electron chi connectivity index (χ2n) is 19.1. The summed E-state index contributed by atoms with van der Waals surface area (Å²) >= 11 is 0. The number of carbonyl (C=O) groups excluding carboxylic acids is 4. The van der Waals surface area contributed by atoms with E-state index in [2.05, 4.69) is 39.4 Å². The molecule has 0 radical (unpaired) electrons. The van der Waals surface area contributed by atoms with Crippen LogP contribution in [0.25, 0.3) is 0 Å². The third kappa shape index (κ3) is 14.6. The first-order valence-electron chi connectivity index (χ1n) is 24.9. The molecular formula is C57H66Cl2N6O12. The topological polar surface area (TPSA) is 213 Å². The van der Waals surface area contributed by atoms with Crippen LogP contribution in [0, 0.1) is 20.2 Å². The minimum absolute atomic E-state index is 0. The molecule has 0 bridgehead atoms. The summed E-state index contributed by atoms with van der Waals surface area (Å²) in [6, 6.07) is 32.3. The summed E-state index contributed by atoms with van der Waals surface area (Å²) in [6.45, 7) is 11.6. The summed E-state index contributed by atoms with van der Waals surface area (Å²) in [5.74, 6) is -4.05. The molecule has 77 heavy (non-hydrogen) atoms. The second-order valence-corrected chi connectivity index (χ2v) is 19.1. The molecule has 4 aliphatic rings.